The normalized spacial score (nSPS) is 15.3. The fourth-order valence-electron chi connectivity index (χ4n) is 3.10. The number of para-hydroxylation sites is 1. The molecule has 0 saturated carbocycles. The number of benzene rings is 2. The molecule has 0 spiro atoms. The fraction of sp³-hybridized carbons (Fsp3) is 0.261. The molecule has 176 valence electrons. The number of amides is 1. The zero-order valence-electron chi connectivity index (χ0n) is 18.6. The first kappa shape index (κ1) is 25.7. The molecule has 1 N–H and O–H groups in total. The second kappa shape index (κ2) is 11.9. The number of rotatable bonds is 6. The van der Waals surface area contributed by atoms with E-state index in [4.69, 9.17) is 17.0 Å². The monoisotopic (exact) mass is 477 g/mol. The summed E-state index contributed by atoms with van der Waals surface area (Å²) in [7, 11) is 4.68. The van der Waals surface area contributed by atoms with Crippen molar-refractivity contribution in [3.05, 3.63) is 71.4 Å². The van der Waals surface area contributed by atoms with E-state index < -0.39 is 18.6 Å². The van der Waals surface area contributed by atoms with Crippen LogP contribution in [0.5, 0.6) is 5.75 Å². The van der Waals surface area contributed by atoms with Crippen LogP contribution in [0.4, 0.5) is 14.5 Å². The summed E-state index contributed by atoms with van der Waals surface area (Å²) in [6.07, 6.45) is 0.750. The lowest BCUT2D eigenvalue weighted by Gasteiger charge is -2.37. The second-order valence-corrected chi connectivity index (χ2v) is 7.45. The zero-order chi connectivity index (χ0) is 24.5. The Morgan fingerprint density at radius 2 is 1.73 bits per heavy atom. The highest BCUT2D eigenvalue weighted by molar-refractivity contribution is 7.80. The van der Waals surface area contributed by atoms with Gasteiger partial charge in [-0.2, -0.15) is 8.78 Å². The minimum Gasteiger partial charge on any atom is -0.466 e. The van der Waals surface area contributed by atoms with Crippen LogP contribution >= 0.6 is 12.2 Å². The topological polar surface area (TPSA) is 71.1 Å². The van der Waals surface area contributed by atoms with E-state index in [0.717, 1.165) is 12.1 Å². The van der Waals surface area contributed by atoms with Crippen LogP contribution in [0.15, 0.2) is 65.9 Å². The molecule has 7 nitrogen and oxygen atoms in total. The number of methoxy groups -OCH3 is 1. The molecule has 1 amide bonds. The number of hydrogen-bond donors (Lipinski definition) is 1. The van der Waals surface area contributed by atoms with E-state index in [9.17, 15) is 18.4 Å². The average molecular weight is 478 g/mol. The number of carbonyl (C=O) groups is 2. The first-order valence-corrected chi connectivity index (χ1v) is 10.2. The Hall–Kier alpha value is -3.53. The lowest BCUT2D eigenvalue weighted by molar-refractivity contribution is -0.136. The molecule has 0 fully saturated rings. The standard InChI is InChI=1S/C20H18F2N2O3S.C3H7NO/c1-12-16(18(25)26-2)17(13-8-10-15(11-9-13)27-19(21)22)23-20(28)24(12)14-6-4-3-5-7-14;1-4(2)3-5/h3-11,17,19H,1-2H3,(H,23,28);3H,1-2H3. The van der Waals surface area contributed by atoms with Crippen LogP contribution in [0, 0.1) is 0 Å². The van der Waals surface area contributed by atoms with Gasteiger partial charge in [0.2, 0.25) is 6.41 Å². The Morgan fingerprint density at radius 1 is 1.15 bits per heavy atom. The molecule has 1 unspecified atom stereocenters. The van der Waals surface area contributed by atoms with Crippen molar-refractivity contribution in [2.24, 2.45) is 0 Å². The molecule has 0 aliphatic carbocycles. The summed E-state index contributed by atoms with van der Waals surface area (Å²) >= 11 is 5.53. The van der Waals surface area contributed by atoms with Gasteiger partial charge in [-0.25, -0.2) is 4.79 Å². The van der Waals surface area contributed by atoms with Crippen LogP contribution in [-0.4, -0.2) is 50.2 Å². The minimum absolute atomic E-state index is 0.0309. The number of hydrogen-bond acceptors (Lipinski definition) is 5. The Kier molecular flexibility index (Phi) is 9.29. The largest absolute Gasteiger partial charge is 0.466 e. The van der Waals surface area contributed by atoms with Crippen LogP contribution in [0.25, 0.3) is 0 Å². The maximum absolute atomic E-state index is 12.5. The van der Waals surface area contributed by atoms with Crippen LogP contribution in [-0.2, 0) is 14.3 Å². The van der Waals surface area contributed by atoms with E-state index in [1.165, 1.54) is 24.1 Å². The van der Waals surface area contributed by atoms with Gasteiger partial charge in [-0.3, -0.25) is 9.69 Å². The zero-order valence-corrected chi connectivity index (χ0v) is 19.4. The molecule has 2 aromatic carbocycles. The van der Waals surface area contributed by atoms with Gasteiger partial charge in [0.15, 0.2) is 5.11 Å². The van der Waals surface area contributed by atoms with Crippen molar-refractivity contribution in [2.45, 2.75) is 19.6 Å². The SMILES string of the molecule is CN(C)C=O.COC(=O)C1=C(C)N(c2ccccc2)C(=S)NC1c1ccc(OC(F)F)cc1. The quantitative estimate of drug-likeness (QED) is 0.385. The first-order valence-electron chi connectivity index (χ1n) is 9.80. The highest BCUT2D eigenvalue weighted by Crippen LogP contribution is 2.34. The summed E-state index contributed by atoms with van der Waals surface area (Å²) in [6.45, 7) is -1.12. The van der Waals surface area contributed by atoms with Crippen LogP contribution < -0.4 is 15.0 Å². The van der Waals surface area contributed by atoms with Crippen molar-refractivity contribution >= 4 is 35.4 Å². The van der Waals surface area contributed by atoms with Gasteiger partial charge in [0.05, 0.1) is 18.7 Å². The molecular formula is C23H25F2N3O4S. The summed E-state index contributed by atoms with van der Waals surface area (Å²) in [5.41, 5.74) is 2.47. The molecule has 1 aliphatic rings. The van der Waals surface area contributed by atoms with Crippen molar-refractivity contribution < 1.29 is 27.8 Å². The van der Waals surface area contributed by atoms with Crippen molar-refractivity contribution in [2.75, 3.05) is 26.1 Å². The predicted molar refractivity (Wildman–Crippen MR) is 125 cm³/mol. The summed E-state index contributed by atoms with van der Waals surface area (Å²) in [4.78, 5) is 25.2. The predicted octanol–water partition coefficient (Wildman–Crippen LogP) is 3.88. The molecular weight excluding hydrogens is 452 g/mol. The van der Waals surface area contributed by atoms with Gasteiger partial charge in [0.25, 0.3) is 0 Å². The summed E-state index contributed by atoms with van der Waals surface area (Å²) in [5, 5.41) is 3.56. The van der Waals surface area contributed by atoms with Crippen LogP contribution in [0.1, 0.15) is 18.5 Å². The fourth-order valence-corrected chi connectivity index (χ4v) is 3.46. The van der Waals surface area contributed by atoms with E-state index in [2.05, 4.69) is 10.1 Å². The molecule has 2 aromatic rings. The highest BCUT2D eigenvalue weighted by Gasteiger charge is 2.35. The molecule has 3 rings (SSSR count). The molecule has 33 heavy (non-hydrogen) atoms. The van der Waals surface area contributed by atoms with Crippen LogP contribution in [0.2, 0.25) is 0 Å². The van der Waals surface area contributed by atoms with E-state index in [1.54, 1.807) is 38.1 Å². The average Bonchev–Trinajstić information content (AvgIpc) is 2.79. The van der Waals surface area contributed by atoms with E-state index >= 15 is 0 Å². The number of thiocarbonyl (C=S) groups is 1. The molecule has 0 aromatic heterocycles. The Morgan fingerprint density at radius 3 is 2.21 bits per heavy atom. The third-order valence-electron chi connectivity index (χ3n) is 4.55. The molecule has 0 bridgehead atoms. The van der Waals surface area contributed by atoms with Gasteiger partial charge >= 0.3 is 12.6 Å². The van der Waals surface area contributed by atoms with Gasteiger partial charge < -0.3 is 19.7 Å². The van der Waals surface area contributed by atoms with E-state index in [-0.39, 0.29) is 5.75 Å². The number of nitrogens with zero attached hydrogens (tertiary/aromatic N) is 2. The molecule has 10 heteroatoms. The van der Waals surface area contributed by atoms with Crippen molar-refractivity contribution in [3.63, 3.8) is 0 Å². The number of esters is 1. The molecule has 0 radical (unpaired) electrons. The van der Waals surface area contributed by atoms with Crippen molar-refractivity contribution in [3.8, 4) is 5.75 Å². The maximum Gasteiger partial charge on any atom is 0.387 e. The lowest BCUT2D eigenvalue weighted by atomic mass is 9.94. The van der Waals surface area contributed by atoms with Gasteiger partial charge in [-0.1, -0.05) is 30.3 Å². The number of ether oxygens (including phenoxy) is 2. The number of alkyl halides is 2. The smallest absolute Gasteiger partial charge is 0.387 e. The number of allylic oxidation sites excluding steroid dienone is 1. The molecule has 0 saturated heterocycles. The molecule has 1 heterocycles. The number of nitrogens with one attached hydrogen (secondary N) is 1. The Labute approximate surface area is 196 Å². The Bertz CT molecular complexity index is 999. The minimum atomic E-state index is -2.90. The second-order valence-electron chi connectivity index (χ2n) is 7.06. The number of anilines is 1. The van der Waals surface area contributed by atoms with Crippen molar-refractivity contribution in [1.82, 2.24) is 10.2 Å². The van der Waals surface area contributed by atoms with Gasteiger partial charge in [0, 0.05) is 25.5 Å². The summed E-state index contributed by atoms with van der Waals surface area (Å²) in [5.74, 6) is -0.477. The third-order valence-corrected chi connectivity index (χ3v) is 4.85. The number of carbonyl (C=O) groups excluding carboxylic acids is 2. The Balaban J connectivity index is 0.000000696. The lowest BCUT2D eigenvalue weighted by Crippen LogP contribution is -2.48. The van der Waals surface area contributed by atoms with Gasteiger partial charge in [-0.15, -0.1) is 0 Å². The third kappa shape index (κ3) is 6.72. The number of halogens is 2. The summed E-state index contributed by atoms with van der Waals surface area (Å²) in [6, 6.07) is 14.8. The van der Waals surface area contributed by atoms with Crippen LogP contribution in [0.3, 0.4) is 0 Å². The first-order chi connectivity index (χ1) is 15.7. The van der Waals surface area contributed by atoms with Gasteiger partial charge in [0.1, 0.15) is 5.75 Å². The van der Waals surface area contributed by atoms with Crippen molar-refractivity contribution in [1.29, 1.82) is 0 Å². The van der Waals surface area contributed by atoms with Gasteiger partial charge in [-0.05, 0) is 49.0 Å². The molecule has 1 atom stereocenters. The summed E-state index contributed by atoms with van der Waals surface area (Å²) < 4.78 is 34.1. The highest BCUT2D eigenvalue weighted by atomic mass is 32.1. The maximum atomic E-state index is 12.5. The molecule has 1 aliphatic heterocycles. The van der Waals surface area contributed by atoms with E-state index in [1.807, 2.05) is 30.3 Å². The van der Waals surface area contributed by atoms with E-state index in [0.29, 0.717) is 21.9 Å².